The number of fused-ring (bicyclic) bond motifs is 6. The Kier molecular flexibility index (Phi) is 20.3. The van der Waals surface area contributed by atoms with Crippen molar-refractivity contribution in [3.63, 3.8) is 0 Å². The van der Waals surface area contributed by atoms with Gasteiger partial charge in [-0.25, -0.2) is 4.79 Å². The third-order valence-electron chi connectivity index (χ3n) is 17.8. The molecule has 8 N–H and O–H groups in total. The van der Waals surface area contributed by atoms with Gasteiger partial charge in [-0.05, 0) is 105 Å². The largest absolute Gasteiger partial charge is 0.462 e. The molecule has 18 heteroatoms. The van der Waals surface area contributed by atoms with Crippen LogP contribution in [0.15, 0.2) is 0 Å². The van der Waals surface area contributed by atoms with E-state index in [4.69, 9.17) is 35.2 Å². The third-order valence-corrected chi connectivity index (χ3v) is 19.3. The summed E-state index contributed by atoms with van der Waals surface area (Å²) in [5.74, 6) is 0.646. The number of unbranched alkanes of at least 4 members (excludes halogenated alkanes) is 1. The van der Waals surface area contributed by atoms with E-state index >= 15 is 0 Å². The van der Waals surface area contributed by atoms with Gasteiger partial charge in [0.05, 0.1) is 51.4 Å². The van der Waals surface area contributed by atoms with Gasteiger partial charge in [-0.3, -0.25) is 24.0 Å². The maximum Gasteiger partial charge on any atom is 0.315 e. The molecule has 17 nitrogen and oxygen atoms in total. The smallest absolute Gasteiger partial charge is 0.315 e. The molecule has 2 unspecified atom stereocenters. The van der Waals surface area contributed by atoms with Crippen LogP contribution < -0.4 is 32.7 Å². The summed E-state index contributed by atoms with van der Waals surface area (Å²) in [5, 5.41) is 12.3. The van der Waals surface area contributed by atoms with Crippen molar-refractivity contribution < 1.29 is 52.5 Å². The molecule has 4 amide bonds. The molecule has 4 saturated carbocycles. The molecule has 2 saturated heterocycles. The molecule has 6 rings (SSSR count). The lowest BCUT2D eigenvalue weighted by atomic mass is 9.41. The highest BCUT2D eigenvalue weighted by Crippen LogP contribution is 2.73. The van der Waals surface area contributed by atoms with E-state index < -0.39 is 11.5 Å². The van der Waals surface area contributed by atoms with Gasteiger partial charge in [0.15, 0.2) is 0 Å². The molecule has 69 heavy (non-hydrogen) atoms. The summed E-state index contributed by atoms with van der Waals surface area (Å²) in [6.45, 7) is 13.9. The van der Waals surface area contributed by atoms with E-state index in [0.29, 0.717) is 89.7 Å². The van der Waals surface area contributed by atoms with Crippen LogP contribution in [-0.2, 0) is 47.7 Å². The number of hydrogen-bond donors (Lipinski definition) is 6. The Morgan fingerprint density at radius 2 is 1.43 bits per heavy atom. The number of ether oxygens (including phenoxy) is 5. The fraction of sp³-hybridized carbons (Fsp3) is 0.882. The van der Waals surface area contributed by atoms with E-state index in [2.05, 4.69) is 49.0 Å². The number of carbonyl (C=O) groups is 6. The van der Waals surface area contributed by atoms with Crippen molar-refractivity contribution in [3.05, 3.63) is 0 Å². The molecule has 14 atom stereocenters. The molecule has 2 heterocycles. The van der Waals surface area contributed by atoms with E-state index in [1.165, 1.54) is 0 Å². The van der Waals surface area contributed by atoms with Gasteiger partial charge in [0.1, 0.15) is 18.3 Å². The fourth-order valence-corrected chi connectivity index (χ4v) is 15.3. The van der Waals surface area contributed by atoms with Crippen LogP contribution in [0.5, 0.6) is 0 Å². The SMILES string of the molecule is CCCC(=O)O[C@@H]1CC[C@@]2(C)[C@@H](C1)C[C@@H](OC(=O)CCN)[C@@H]1[C@@H]2C[C@H](OC(=O)CCN)[C@@]2(C)[C@H]1CC[C@@]2(C)[C@H](C)CCC(=O)NCCOCCOCCNC(=O)CCCC[C@@H]1SCC2NC(=O)NC21. The number of hydrogen-bond acceptors (Lipinski definition) is 14. The van der Waals surface area contributed by atoms with Crippen molar-refractivity contribution in [2.24, 2.45) is 57.3 Å². The van der Waals surface area contributed by atoms with Crippen molar-refractivity contribution in [1.82, 2.24) is 21.3 Å². The summed E-state index contributed by atoms with van der Waals surface area (Å²) in [7, 11) is 0. The van der Waals surface area contributed by atoms with Crippen LogP contribution in [-0.4, -0.2) is 130 Å². The van der Waals surface area contributed by atoms with Crippen LogP contribution >= 0.6 is 11.8 Å². The van der Waals surface area contributed by atoms with Crippen LogP contribution in [0.2, 0.25) is 0 Å². The molecule has 0 bridgehead atoms. The molecule has 0 spiro atoms. The zero-order chi connectivity index (χ0) is 49.8. The molecule has 4 aliphatic carbocycles. The number of thioether (sulfide) groups is 1. The topological polar surface area (TPSA) is 249 Å². The molecular weight excluding hydrogens is 905 g/mol. The lowest BCUT2D eigenvalue weighted by Crippen LogP contribution is -2.65. The first-order chi connectivity index (χ1) is 33.1. The second-order valence-corrected chi connectivity index (χ2v) is 22.9. The number of rotatable bonds is 27. The fourth-order valence-electron chi connectivity index (χ4n) is 13.7. The van der Waals surface area contributed by atoms with Crippen LogP contribution in [0.4, 0.5) is 4.79 Å². The van der Waals surface area contributed by atoms with Crippen molar-refractivity contribution >= 4 is 47.5 Å². The standard InChI is InChI=1S/C51H86N6O11S/c1-6-9-43(60)66-34-14-18-49(3)33(28-34)29-38(67-44(61)16-20-52)46-35-15-19-50(4,51(35,5)40(30-36(46)49)68-45(62)17-21-53)32(2)12-13-42(59)55-23-25-65-27-26-64-24-22-54-41(58)11-8-7-10-39-47-37(31-69-39)56-48(63)57-47/h32-40,46-47H,6-31,52-53H2,1-5H3,(H,54,58)(H,55,59)(H2,56,57,63)/t32-,33+,34-,35+,36+,37?,38-,39+,40+,46+,47?,49+,50+,51-/m1/s1. The highest BCUT2D eigenvalue weighted by atomic mass is 32.2. The molecule has 0 aromatic carbocycles. The molecule has 6 fully saturated rings. The number of esters is 3. The van der Waals surface area contributed by atoms with E-state index in [1.807, 2.05) is 18.7 Å². The second kappa shape index (κ2) is 25.5. The van der Waals surface area contributed by atoms with Crippen LogP contribution in [0.25, 0.3) is 0 Å². The average molecular weight is 991 g/mol. The van der Waals surface area contributed by atoms with Crippen LogP contribution in [0, 0.1) is 45.8 Å². The summed E-state index contributed by atoms with van der Waals surface area (Å²) in [5.41, 5.74) is 10.8. The monoisotopic (exact) mass is 991 g/mol. The summed E-state index contributed by atoms with van der Waals surface area (Å²) >= 11 is 1.89. The highest BCUT2D eigenvalue weighted by Gasteiger charge is 2.71. The Morgan fingerprint density at radius 3 is 2.12 bits per heavy atom. The zero-order valence-corrected chi connectivity index (χ0v) is 43.1. The molecule has 2 aliphatic heterocycles. The normalized spacial score (nSPS) is 34.7. The molecule has 392 valence electrons. The number of amides is 4. The third kappa shape index (κ3) is 13.3. The average Bonchev–Trinajstić information content (AvgIpc) is 3.96. The van der Waals surface area contributed by atoms with Crippen molar-refractivity contribution in [3.8, 4) is 0 Å². The molecule has 0 radical (unpaired) electrons. The quantitative estimate of drug-likeness (QED) is 0.0278. The number of urea groups is 1. The van der Waals surface area contributed by atoms with E-state index in [9.17, 15) is 28.8 Å². The number of nitrogens with one attached hydrogen (secondary N) is 4. The van der Waals surface area contributed by atoms with E-state index in [-0.39, 0.29) is 126 Å². The summed E-state index contributed by atoms with van der Waals surface area (Å²) < 4.78 is 30.3. The van der Waals surface area contributed by atoms with Crippen molar-refractivity contribution in [2.45, 2.75) is 179 Å². The van der Waals surface area contributed by atoms with Gasteiger partial charge in [0.2, 0.25) is 11.8 Å². The van der Waals surface area contributed by atoms with E-state index in [1.54, 1.807) is 0 Å². The lowest BCUT2D eigenvalue weighted by molar-refractivity contribution is -0.235. The first-order valence-corrected chi connectivity index (χ1v) is 27.5. The summed E-state index contributed by atoms with van der Waals surface area (Å²) in [6.07, 6.45) is 10.1. The van der Waals surface area contributed by atoms with Gasteiger partial charge < -0.3 is 56.4 Å². The lowest BCUT2D eigenvalue weighted by Gasteiger charge is -2.65. The Morgan fingerprint density at radius 1 is 0.768 bits per heavy atom. The van der Waals surface area contributed by atoms with Gasteiger partial charge in [-0.15, -0.1) is 0 Å². The zero-order valence-electron chi connectivity index (χ0n) is 42.3. The minimum absolute atomic E-state index is 0.00991. The Labute approximate surface area is 414 Å². The van der Waals surface area contributed by atoms with Gasteiger partial charge in [0.25, 0.3) is 0 Å². The van der Waals surface area contributed by atoms with Gasteiger partial charge in [0, 0.05) is 67.8 Å². The molecule has 6 aliphatic rings. The van der Waals surface area contributed by atoms with Crippen LogP contribution in [0.1, 0.15) is 144 Å². The summed E-state index contributed by atoms with van der Waals surface area (Å²) in [4.78, 5) is 76.5. The van der Waals surface area contributed by atoms with Crippen LogP contribution in [0.3, 0.4) is 0 Å². The maximum atomic E-state index is 13.5. The van der Waals surface area contributed by atoms with Crippen molar-refractivity contribution in [1.29, 1.82) is 0 Å². The van der Waals surface area contributed by atoms with Gasteiger partial charge in [-0.2, -0.15) is 11.8 Å². The minimum Gasteiger partial charge on any atom is -0.462 e. The summed E-state index contributed by atoms with van der Waals surface area (Å²) in [6, 6.07) is 0.333. The minimum atomic E-state index is -0.473. The first kappa shape index (κ1) is 55.1. The highest BCUT2D eigenvalue weighted by molar-refractivity contribution is 8.00. The van der Waals surface area contributed by atoms with E-state index in [0.717, 1.165) is 57.1 Å². The van der Waals surface area contributed by atoms with Gasteiger partial charge >= 0.3 is 23.9 Å². The van der Waals surface area contributed by atoms with Gasteiger partial charge in [-0.1, -0.05) is 41.0 Å². The second-order valence-electron chi connectivity index (χ2n) is 21.7. The van der Waals surface area contributed by atoms with Crippen molar-refractivity contribution in [2.75, 3.05) is 58.4 Å². The Bertz CT molecular complexity index is 1760. The molecular formula is C51H86N6O11S. The predicted octanol–water partition coefficient (Wildman–Crippen LogP) is 4.90. The predicted molar refractivity (Wildman–Crippen MR) is 263 cm³/mol. The Balaban J connectivity index is 0.951. The first-order valence-electron chi connectivity index (χ1n) is 26.4. The Hall–Kier alpha value is -3.19. The molecule has 0 aromatic rings. The number of nitrogens with two attached hydrogens (primary N) is 2. The maximum absolute atomic E-state index is 13.5. The number of carbonyl (C=O) groups excluding carboxylic acids is 6. The molecule has 0 aromatic heterocycles.